The van der Waals surface area contributed by atoms with Gasteiger partial charge in [-0.1, -0.05) is 19.3 Å². The highest BCUT2D eigenvalue weighted by atomic mass is 32.1. The fraction of sp³-hybridized carbons (Fsp3) is 0.636. The van der Waals surface area contributed by atoms with E-state index in [2.05, 4.69) is 16.8 Å². The summed E-state index contributed by atoms with van der Waals surface area (Å²) >= 11 is 1.72. The SMILES string of the molecule is OC1(Cc2ccsc2)CCCCC1. The Morgan fingerprint density at radius 3 is 2.69 bits per heavy atom. The van der Waals surface area contributed by atoms with Crippen molar-refractivity contribution < 1.29 is 5.11 Å². The molecule has 1 aromatic rings. The topological polar surface area (TPSA) is 20.2 Å². The predicted molar refractivity (Wildman–Crippen MR) is 56.1 cm³/mol. The van der Waals surface area contributed by atoms with Crippen molar-refractivity contribution in [1.29, 1.82) is 0 Å². The van der Waals surface area contributed by atoms with Crippen LogP contribution < -0.4 is 0 Å². The third-order valence-electron chi connectivity index (χ3n) is 2.90. The van der Waals surface area contributed by atoms with Gasteiger partial charge in [0.25, 0.3) is 0 Å². The molecule has 1 N–H and O–H groups in total. The smallest absolute Gasteiger partial charge is 0.0688 e. The fourth-order valence-electron chi connectivity index (χ4n) is 2.16. The summed E-state index contributed by atoms with van der Waals surface area (Å²) < 4.78 is 0. The minimum Gasteiger partial charge on any atom is -0.390 e. The van der Waals surface area contributed by atoms with Crippen LogP contribution in [0.2, 0.25) is 0 Å². The average molecular weight is 196 g/mol. The van der Waals surface area contributed by atoms with Gasteiger partial charge in [0.15, 0.2) is 0 Å². The predicted octanol–water partition coefficient (Wildman–Crippen LogP) is 2.99. The standard InChI is InChI=1S/C11H16OS/c12-11(5-2-1-3-6-11)8-10-4-7-13-9-10/h4,7,9,12H,1-3,5-6,8H2. The second-order valence-electron chi connectivity index (χ2n) is 4.09. The second kappa shape index (κ2) is 3.81. The van der Waals surface area contributed by atoms with Crippen molar-refractivity contribution >= 4 is 11.3 Å². The maximum atomic E-state index is 10.2. The monoisotopic (exact) mass is 196 g/mol. The van der Waals surface area contributed by atoms with Gasteiger partial charge in [-0.05, 0) is 35.2 Å². The molecule has 0 aliphatic heterocycles. The Labute approximate surface area is 83.4 Å². The Hall–Kier alpha value is -0.340. The average Bonchev–Trinajstić information content (AvgIpc) is 2.57. The van der Waals surface area contributed by atoms with Crippen molar-refractivity contribution in [3.63, 3.8) is 0 Å². The van der Waals surface area contributed by atoms with Gasteiger partial charge in [0.1, 0.15) is 0 Å². The maximum absolute atomic E-state index is 10.2. The highest BCUT2D eigenvalue weighted by Crippen LogP contribution is 2.31. The molecule has 1 aliphatic carbocycles. The van der Waals surface area contributed by atoms with Crippen LogP contribution in [0.3, 0.4) is 0 Å². The first kappa shape index (κ1) is 9.22. The van der Waals surface area contributed by atoms with Crippen LogP contribution >= 0.6 is 11.3 Å². The molecule has 2 heteroatoms. The molecule has 13 heavy (non-hydrogen) atoms. The summed E-state index contributed by atoms with van der Waals surface area (Å²) in [5.74, 6) is 0. The molecule has 72 valence electrons. The van der Waals surface area contributed by atoms with E-state index in [1.165, 1.54) is 24.8 Å². The number of rotatable bonds is 2. The number of aliphatic hydroxyl groups is 1. The first-order valence-corrected chi connectivity index (χ1v) is 5.96. The summed E-state index contributed by atoms with van der Waals surface area (Å²) in [6, 6.07) is 2.12. The summed E-state index contributed by atoms with van der Waals surface area (Å²) in [5, 5.41) is 14.5. The van der Waals surface area contributed by atoms with E-state index in [4.69, 9.17) is 0 Å². The van der Waals surface area contributed by atoms with Crippen molar-refractivity contribution in [2.24, 2.45) is 0 Å². The molecule has 0 amide bonds. The zero-order valence-electron chi connectivity index (χ0n) is 7.83. The van der Waals surface area contributed by atoms with E-state index >= 15 is 0 Å². The molecule has 1 aliphatic rings. The van der Waals surface area contributed by atoms with Crippen molar-refractivity contribution in [2.75, 3.05) is 0 Å². The normalized spacial score (nSPS) is 21.6. The molecule has 2 rings (SSSR count). The van der Waals surface area contributed by atoms with E-state index in [1.807, 2.05) is 0 Å². The third kappa shape index (κ3) is 2.32. The molecule has 0 unspecified atom stereocenters. The molecular formula is C11H16OS. The molecule has 0 radical (unpaired) electrons. The van der Waals surface area contributed by atoms with Gasteiger partial charge in [-0.25, -0.2) is 0 Å². The molecule has 0 aromatic carbocycles. The van der Waals surface area contributed by atoms with Crippen LogP contribution in [0.15, 0.2) is 16.8 Å². The minimum atomic E-state index is -0.390. The van der Waals surface area contributed by atoms with Gasteiger partial charge in [-0.2, -0.15) is 11.3 Å². The third-order valence-corrected chi connectivity index (χ3v) is 3.63. The molecule has 1 nitrogen and oxygen atoms in total. The molecule has 0 saturated heterocycles. The highest BCUT2D eigenvalue weighted by molar-refractivity contribution is 7.07. The number of hydrogen-bond acceptors (Lipinski definition) is 2. The number of hydrogen-bond donors (Lipinski definition) is 1. The molecule has 1 saturated carbocycles. The lowest BCUT2D eigenvalue weighted by Gasteiger charge is -2.31. The van der Waals surface area contributed by atoms with Gasteiger partial charge in [0, 0.05) is 6.42 Å². The van der Waals surface area contributed by atoms with Crippen LogP contribution in [0.25, 0.3) is 0 Å². The zero-order valence-corrected chi connectivity index (χ0v) is 8.65. The van der Waals surface area contributed by atoms with Crippen LogP contribution in [-0.4, -0.2) is 10.7 Å². The molecule has 0 spiro atoms. The summed E-state index contributed by atoms with van der Waals surface area (Å²) in [6.45, 7) is 0. The van der Waals surface area contributed by atoms with Gasteiger partial charge >= 0.3 is 0 Å². The van der Waals surface area contributed by atoms with Crippen LogP contribution in [0, 0.1) is 0 Å². The van der Waals surface area contributed by atoms with Crippen LogP contribution in [0.1, 0.15) is 37.7 Å². The lowest BCUT2D eigenvalue weighted by atomic mass is 9.81. The Morgan fingerprint density at radius 1 is 1.31 bits per heavy atom. The van der Waals surface area contributed by atoms with E-state index in [0.29, 0.717) is 0 Å². The first-order valence-electron chi connectivity index (χ1n) is 5.02. The molecule has 1 aromatic heterocycles. The molecule has 1 heterocycles. The van der Waals surface area contributed by atoms with Gasteiger partial charge in [-0.3, -0.25) is 0 Å². The first-order chi connectivity index (χ1) is 6.29. The van der Waals surface area contributed by atoms with E-state index < -0.39 is 0 Å². The van der Waals surface area contributed by atoms with E-state index in [-0.39, 0.29) is 5.60 Å². The summed E-state index contributed by atoms with van der Waals surface area (Å²) in [6.07, 6.45) is 6.52. The Bertz CT molecular complexity index is 247. The largest absolute Gasteiger partial charge is 0.390 e. The van der Waals surface area contributed by atoms with Crippen molar-refractivity contribution in [3.8, 4) is 0 Å². The van der Waals surface area contributed by atoms with Gasteiger partial charge in [0.2, 0.25) is 0 Å². The van der Waals surface area contributed by atoms with E-state index in [1.54, 1.807) is 11.3 Å². The Balaban J connectivity index is 1.99. The Morgan fingerprint density at radius 2 is 2.08 bits per heavy atom. The maximum Gasteiger partial charge on any atom is 0.0688 e. The van der Waals surface area contributed by atoms with Crippen LogP contribution in [0.5, 0.6) is 0 Å². The van der Waals surface area contributed by atoms with Crippen molar-refractivity contribution in [2.45, 2.75) is 44.1 Å². The van der Waals surface area contributed by atoms with Gasteiger partial charge in [-0.15, -0.1) is 0 Å². The second-order valence-corrected chi connectivity index (χ2v) is 4.87. The lowest BCUT2D eigenvalue weighted by molar-refractivity contribution is 0.00457. The molecule has 0 bridgehead atoms. The summed E-state index contributed by atoms with van der Waals surface area (Å²) in [5.41, 5.74) is 0.911. The van der Waals surface area contributed by atoms with Crippen molar-refractivity contribution in [1.82, 2.24) is 0 Å². The zero-order chi connectivity index (χ0) is 9.15. The summed E-state index contributed by atoms with van der Waals surface area (Å²) in [7, 11) is 0. The van der Waals surface area contributed by atoms with Gasteiger partial charge < -0.3 is 5.11 Å². The summed E-state index contributed by atoms with van der Waals surface area (Å²) in [4.78, 5) is 0. The van der Waals surface area contributed by atoms with E-state index in [0.717, 1.165) is 19.3 Å². The quantitative estimate of drug-likeness (QED) is 0.771. The Kier molecular flexibility index (Phi) is 2.70. The van der Waals surface area contributed by atoms with Gasteiger partial charge in [0.05, 0.1) is 5.60 Å². The van der Waals surface area contributed by atoms with Crippen molar-refractivity contribution in [3.05, 3.63) is 22.4 Å². The molecule has 0 atom stereocenters. The van der Waals surface area contributed by atoms with E-state index in [9.17, 15) is 5.11 Å². The lowest BCUT2D eigenvalue weighted by Crippen LogP contribution is -2.33. The number of thiophene rings is 1. The fourth-order valence-corrected chi connectivity index (χ4v) is 2.83. The highest BCUT2D eigenvalue weighted by Gasteiger charge is 2.29. The van der Waals surface area contributed by atoms with Crippen LogP contribution in [-0.2, 0) is 6.42 Å². The van der Waals surface area contributed by atoms with Crippen LogP contribution in [0.4, 0.5) is 0 Å². The molecular weight excluding hydrogens is 180 g/mol. The minimum absolute atomic E-state index is 0.390. The molecule has 1 fully saturated rings.